The van der Waals surface area contributed by atoms with Gasteiger partial charge in [-0.2, -0.15) is 5.10 Å². The van der Waals surface area contributed by atoms with Crippen LogP contribution in [0, 0.1) is 20.8 Å². The molecule has 0 aromatic heterocycles. The van der Waals surface area contributed by atoms with E-state index in [-0.39, 0.29) is 25.0 Å². The van der Waals surface area contributed by atoms with E-state index in [1.807, 2.05) is 63.2 Å². The van der Waals surface area contributed by atoms with Crippen molar-refractivity contribution in [3.8, 4) is 11.5 Å². The summed E-state index contributed by atoms with van der Waals surface area (Å²) < 4.78 is 11.0. The predicted octanol–water partition coefficient (Wildman–Crippen LogP) is 4.20. The number of para-hydroxylation sites is 1. The minimum atomic E-state index is -0.274. The number of hydrogen-bond acceptors (Lipinski definition) is 6. The zero-order valence-corrected chi connectivity index (χ0v) is 20.3. The lowest BCUT2D eigenvalue weighted by atomic mass is 10.1. The fourth-order valence-electron chi connectivity index (χ4n) is 3.18. The number of amides is 2. The summed E-state index contributed by atoms with van der Waals surface area (Å²) in [4.78, 5) is 24.3. The van der Waals surface area contributed by atoms with E-state index < -0.39 is 0 Å². The normalized spacial score (nSPS) is 10.6. The average Bonchev–Trinajstić information content (AvgIpc) is 2.85. The van der Waals surface area contributed by atoms with Gasteiger partial charge in [0.25, 0.3) is 11.8 Å². The van der Waals surface area contributed by atoms with Gasteiger partial charge in [0.05, 0.1) is 19.9 Å². The fraction of sp³-hybridized carbons (Fsp3) is 0.222. The monoisotopic (exact) mass is 474 g/mol. The molecule has 0 saturated heterocycles. The van der Waals surface area contributed by atoms with Crippen LogP contribution in [0.3, 0.4) is 0 Å². The van der Waals surface area contributed by atoms with Crippen molar-refractivity contribution in [3.05, 3.63) is 82.9 Å². The fourth-order valence-corrected chi connectivity index (χ4v) is 3.18. The zero-order chi connectivity index (χ0) is 25.2. The molecular weight excluding hydrogens is 444 g/mol. The number of benzene rings is 3. The van der Waals surface area contributed by atoms with Crippen LogP contribution in [0.15, 0.2) is 65.8 Å². The second-order valence-electron chi connectivity index (χ2n) is 8.01. The predicted molar refractivity (Wildman–Crippen MR) is 138 cm³/mol. The first-order valence-corrected chi connectivity index (χ1v) is 11.1. The Morgan fingerprint density at radius 1 is 0.886 bits per heavy atom. The summed E-state index contributed by atoms with van der Waals surface area (Å²) >= 11 is 0. The highest BCUT2D eigenvalue weighted by atomic mass is 16.5. The molecule has 3 N–H and O–H groups in total. The van der Waals surface area contributed by atoms with Gasteiger partial charge in [0.2, 0.25) is 0 Å². The van der Waals surface area contributed by atoms with Crippen molar-refractivity contribution in [1.29, 1.82) is 0 Å². The first-order chi connectivity index (χ1) is 16.9. The summed E-state index contributed by atoms with van der Waals surface area (Å²) in [6, 6.07) is 18.6. The molecule has 0 unspecified atom stereocenters. The Hall–Kier alpha value is -4.33. The number of carbonyl (C=O) groups excluding carboxylic acids is 2. The summed E-state index contributed by atoms with van der Waals surface area (Å²) in [5.74, 6) is 0.321. The molecule has 35 heavy (non-hydrogen) atoms. The van der Waals surface area contributed by atoms with Crippen molar-refractivity contribution in [3.63, 3.8) is 0 Å². The van der Waals surface area contributed by atoms with E-state index in [9.17, 15) is 9.59 Å². The summed E-state index contributed by atoms with van der Waals surface area (Å²) in [7, 11) is 1.51. The largest absolute Gasteiger partial charge is 0.493 e. The Morgan fingerprint density at radius 3 is 2.43 bits per heavy atom. The summed E-state index contributed by atoms with van der Waals surface area (Å²) in [5.41, 5.74) is 8.12. The maximum absolute atomic E-state index is 12.2. The third kappa shape index (κ3) is 7.60. The number of nitrogens with one attached hydrogen (secondary N) is 3. The Kier molecular flexibility index (Phi) is 8.83. The van der Waals surface area contributed by atoms with Crippen LogP contribution >= 0.6 is 0 Å². The van der Waals surface area contributed by atoms with E-state index in [1.165, 1.54) is 18.9 Å². The zero-order valence-electron chi connectivity index (χ0n) is 20.3. The number of hydrogen-bond donors (Lipinski definition) is 3. The number of rotatable bonds is 10. The van der Waals surface area contributed by atoms with Crippen molar-refractivity contribution >= 4 is 29.4 Å². The van der Waals surface area contributed by atoms with E-state index in [1.54, 1.807) is 18.2 Å². The van der Waals surface area contributed by atoms with E-state index in [0.717, 1.165) is 22.5 Å². The number of aryl methyl sites for hydroxylation is 3. The van der Waals surface area contributed by atoms with Crippen molar-refractivity contribution in [2.24, 2.45) is 5.10 Å². The van der Waals surface area contributed by atoms with Crippen molar-refractivity contribution in [2.75, 3.05) is 30.9 Å². The van der Waals surface area contributed by atoms with Crippen LogP contribution in [-0.4, -0.2) is 38.3 Å². The molecule has 8 nitrogen and oxygen atoms in total. The Morgan fingerprint density at radius 2 is 1.69 bits per heavy atom. The Balaban J connectivity index is 1.49. The molecule has 0 atom stereocenters. The van der Waals surface area contributed by atoms with E-state index in [4.69, 9.17) is 9.47 Å². The highest BCUT2D eigenvalue weighted by molar-refractivity contribution is 5.92. The van der Waals surface area contributed by atoms with Gasteiger partial charge in [0.15, 0.2) is 18.1 Å². The number of nitrogens with zero attached hydrogens (tertiary/aromatic N) is 1. The summed E-state index contributed by atoms with van der Waals surface area (Å²) in [6.07, 6.45) is 1.51. The van der Waals surface area contributed by atoms with Crippen LogP contribution in [0.4, 0.5) is 11.4 Å². The van der Waals surface area contributed by atoms with E-state index in [0.29, 0.717) is 17.1 Å². The third-order valence-corrected chi connectivity index (χ3v) is 5.33. The van der Waals surface area contributed by atoms with Crippen molar-refractivity contribution < 1.29 is 19.1 Å². The maximum Gasteiger partial charge on any atom is 0.262 e. The van der Waals surface area contributed by atoms with Crippen molar-refractivity contribution in [1.82, 2.24) is 5.43 Å². The Bertz CT molecular complexity index is 1220. The molecule has 182 valence electrons. The molecule has 0 aliphatic carbocycles. The smallest absolute Gasteiger partial charge is 0.262 e. The molecular formula is C27H30N4O4. The van der Waals surface area contributed by atoms with Crippen molar-refractivity contribution in [2.45, 2.75) is 20.8 Å². The molecule has 0 saturated carbocycles. The molecule has 0 aliphatic rings. The number of carbonyl (C=O) groups is 2. The summed E-state index contributed by atoms with van der Waals surface area (Å²) in [5, 5.41) is 9.89. The number of ether oxygens (including phenoxy) is 2. The van der Waals surface area contributed by atoms with Crippen LogP contribution in [0.5, 0.6) is 11.5 Å². The molecule has 2 amide bonds. The quantitative estimate of drug-likeness (QED) is 0.302. The minimum absolute atomic E-state index is 0.0977. The molecule has 0 fully saturated rings. The number of anilines is 2. The topological polar surface area (TPSA) is 101 Å². The van der Waals surface area contributed by atoms with E-state index >= 15 is 0 Å². The first-order valence-electron chi connectivity index (χ1n) is 11.1. The van der Waals surface area contributed by atoms with Gasteiger partial charge < -0.3 is 20.1 Å². The SMILES string of the molecule is COc1cc(/C=N\NC(=O)CNc2ccc(C)c(C)c2)ccc1OCC(=O)Nc1ccccc1C. The lowest BCUT2D eigenvalue weighted by molar-refractivity contribution is -0.119. The van der Waals surface area contributed by atoms with Gasteiger partial charge in [-0.1, -0.05) is 24.3 Å². The van der Waals surface area contributed by atoms with Crippen LogP contribution in [0.1, 0.15) is 22.3 Å². The molecule has 8 heteroatoms. The highest BCUT2D eigenvalue weighted by Crippen LogP contribution is 2.27. The van der Waals surface area contributed by atoms with Crippen LogP contribution in [-0.2, 0) is 9.59 Å². The lowest BCUT2D eigenvalue weighted by Gasteiger charge is -2.12. The second-order valence-corrected chi connectivity index (χ2v) is 8.01. The Labute approximate surface area is 205 Å². The number of hydrazone groups is 1. The second kappa shape index (κ2) is 12.2. The molecule has 3 rings (SSSR count). The average molecular weight is 475 g/mol. The summed E-state index contributed by atoms with van der Waals surface area (Å²) in [6.45, 7) is 5.92. The molecule has 0 radical (unpaired) electrons. The molecule has 0 spiro atoms. The first kappa shape index (κ1) is 25.3. The van der Waals surface area contributed by atoms with Gasteiger partial charge in [-0.15, -0.1) is 0 Å². The molecule has 0 heterocycles. The lowest BCUT2D eigenvalue weighted by Crippen LogP contribution is -2.25. The molecule has 0 aliphatic heterocycles. The van der Waals surface area contributed by atoms with Gasteiger partial charge in [0.1, 0.15) is 0 Å². The van der Waals surface area contributed by atoms with Crippen LogP contribution in [0.2, 0.25) is 0 Å². The standard InChI is InChI=1S/C27H30N4O4/c1-18-9-11-22(13-20(18)3)28-16-26(32)31-29-15-21-10-12-24(25(14-21)34-4)35-17-27(33)30-23-8-6-5-7-19(23)2/h5-15,28H,16-17H2,1-4H3,(H,30,33)(H,31,32)/b29-15-. The molecule has 3 aromatic rings. The maximum atomic E-state index is 12.2. The molecule has 3 aromatic carbocycles. The third-order valence-electron chi connectivity index (χ3n) is 5.33. The van der Waals surface area contributed by atoms with E-state index in [2.05, 4.69) is 21.2 Å². The van der Waals surface area contributed by atoms with Gasteiger partial charge in [-0.3, -0.25) is 9.59 Å². The molecule has 0 bridgehead atoms. The highest BCUT2D eigenvalue weighted by Gasteiger charge is 2.10. The number of methoxy groups -OCH3 is 1. The minimum Gasteiger partial charge on any atom is -0.493 e. The van der Waals surface area contributed by atoms with Gasteiger partial charge >= 0.3 is 0 Å². The van der Waals surface area contributed by atoms with Crippen LogP contribution < -0.4 is 25.5 Å². The van der Waals surface area contributed by atoms with Gasteiger partial charge in [0, 0.05) is 11.4 Å². The van der Waals surface area contributed by atoms with Crippen LogP contribution in [0.25, 0.3) is 0 Å². The van der Waals surface area contributed by atoms with Gasteiger partial charge in [-0.05, 0) is 79.4 Å². The van der Waals surface area contributed by atoms with Gasteiger partial charge in [-0.25, -0.2) is 5.43 Å².